The van der Waals surface area contributed by atoms with Crippen molar-refractivity contribution in [3.63, 3.8) is 0 Å². The van der Waals surface area contributed by atoms with Gasteiger partial charge in [0.25, 0.3) is 5.91 Å². The average molecular weight is 412 g/mol. The van der Waals surface area contributed by atoms with E-state index >= 15 is 0 Å². The molecule has 0 fully saturated rings. The molecule has 0 aliphatic heterocycles. The maximum Gasteiger partial charge on any atom is 0.261 e. The molecular formula is C26H25N3O2. The first-order chi connectivity index (χ1) is 15.2. The van der Waals surface area contributed by atoms with Gasteiger partial charge < -0.3 is 10.1 Å². The molecule has 0 aliphatic rings. The maximum atomic E-state index is 12.5. The van der Waals surface area contributed by atoms with E-state index in [-0.39, 0.29) is 5.91 Å². The molecule has 0 spiro atoms. The number of carbonyl (C=O) groups excluding carboxylic acids is 1. The third kappa shape index (κ3) is 5.39. The zero-order chi connectivity index (χ0) is 21.5. The molecule has 0 radical (unpaired) electrons. The quantitative estimate of drug-likeness (QED) is 0.458. The smallest absolute Gasteiger partial charge is 0.261 e. The lowest BCUT2D eigenvalue weighted by atomic mass is 9.98. The molecule has 1 amide bonds. The van der Waals surface area contributed by atoms with Gasteiger partial charge in [-0.15, -0.1) is 0 Å². The van der Waals surface area contributed by atoms with Crippen LogP contribution in [-0.4, -0.2) is 21.8 Å². The van der Waals surface area contributed by atoms with Gasteiger partial charge in [0.15, 0.2) is 6.10 Å². The Morgan fingerprint density at radius 2 is 1.71 bits per heavy atom. The highest BCUT2D eigenvalue weighted by Crippen LogP contribution is 2.24. The molecule has 1 atom stereocenters. The van der Waals surface area contributed by atoms with Crippen LogP contribution in [-0.2, 0) is 17.9 Å². The van der Waals surface area contributed by atoms with Crippen LogP contribution in [0.1, 0.15) is 18.1 Å². The summed E-state index contributed by atoms with van der Waals surface area (Å²) in [5.41, 5.74) is 4.46. The zero-order valence-electron chi connectivity index (χ0n) is 17.4. The first kappa shape index (κ1) is 20.4. The fraction of sp³-hybridized carbons (Fsp3) is 0.154. The van der Waals surface area contributed by atoms with E-state index in [0.29, 0.717) is 12.3 Å². The number of hydrogen-bond acceptors (Lipinski definition) is 3. The van der Waals surface area contributed by atoms with Crippen LogP contribution in [0, 0.1) is 0 Å². The van der Waals surface area contributed by atoms with Gasteiger partial charge in [-0.05, 0) is 47.4 Å². The summed E-state index contributed by atoms with van der Waals surface area (Å²) in [7, 11) is 0. The largest absolute Gasteiger partial charge is 0.481 e. The lowest BCUT2D eigenvalue weighted by Gasteiger charge is -2.16. The zero-order valence-corrected chi connectivity index (χ0v) is 17.4. The first-order valence-electron chi connectivity index (χ1n) is 10.3. The standard InChI is InChI=1S/C26H25N3O2/c1-20(31-24-9-3-2-4-10-24)26(30)27-18-23-8-5-6-11-25(23)22-14-12-21(13-15-22)19-29-17-7-16-28-29/h2-17,20H,18-19H2,1H3,(H,27,30). The summed E-state index contributed by atoms with van der Waals surface area (Å²) in [5, 5.41) is 7.25. The summed E-state index contributed by atoms with van der Waals surface area (Å²) >= 11 is 0. The molecule has 5 nitrogen and oxygen atoms in total. The monoisotopic (exact) mass is 411 g/mol. The first-order valence-corrected chi connectivity index (χ1v) is 10.3. The van der Waals surface area contributed by atoms with Gasteiger partial charge in [0, 0.05) is 18.9 Å². The summed E-state index contributed by atoms with van der Waals surface area (Å²) < 4.78 is 7.62. The summed E-state index contributed by atoms with van der Waals surface area (Å²) in [6.45, 7) is 2.93. The Morgan fingerprint density at radius 3 is 2.45 bits per heavy atom. The second-order valence-corrected chi connectivity index (χ2v) is 7.35. The van der Waals surface area contributed by atoms with Gasteiger partial charge in [-0.1, -0.05) is 66.7 Å². The second-order valence-electron chi connectivity index (χ2n) is 7.35. The molecule has 0 aliphatic carbocycles. The fourth-order valence-corrected chi connectivity index (χ4v) is 3.41. The topological polar surface area (TPSA) is 56.1 Å². The van der Waals surface area contributed by atoms with Crippen LogP contribution in [0.3, 0.4) is 0 Å². The summed E-state index contributed by atoms with van der Waals surface area (Å²) in [4.78, 5) is 12.5. The lowest BCUT2D eigenvalue weighted by molar-refractivity contribution is -0.127. The van der Waals surface area contributed by atoms with Crippen molar-refractivity contribution in [1.29, 1.82) is 0 Å². The third-order valence-corrected chi connectivity index (χ3v) is 5.06. The van der Waals surface area contributed by atoms with Crippen molar-refractivity contribution in [2.45, 2.75) is 26.1 Å². The van der Waals surface area contributed by atoms with Crippen molar-refractivity contribution < 1.29 is 9.53 Å². The number of benzene rings is 3. The van der Waals surface area contributed by atoms with E-state index in [1.165, 1.54) is 5.56 Å². The van der Waals surface area contributed by atoms with E-state index in [1.807, 2.05) is 65.5 Å². The van der Waals surface area contributed by atoms with E-state index < -0.39 is 6.10 Å². The van der Waals surface area contributed by atoms with E-state index in [0.717, 1.165) is 23.2 Å². The fourth-order valence-electron chi connectivity index (χ4n) is 3.41. The van der Waals surface area contributed by atoms with Crippen molar-refractivity contribution in [3.8, 4) is 16.9 Å². The van der Waals surface area contributed by atoms with Gasteiger partial charge in [0.05, 0.1) is 6.54 Å². The number of nitrogens with zero attached hydrogens (tertiary/aromatic N) is 2. The molecule has 31 heavy (non-hydrogen) atoms. The highest BCUT2D eigenvalue weighted by molar-refractivity contribution is 5.81. The van der Waals surface area contributed by atoms with Crippen molar-refractivity contribution in [1.82, 2.24) is 15.1 Å². The van der Waals surface area contributed by atoms with Gasteiger partial charge in [0.2, 0.25) is 0 Å². The van der Waals surface area contributed by atoms with Crippen molar-refractivity contribution in [3.05, 3.63) is 108 Å². The molecule has 1 heterocycles. The molecule has 3 aromatic carbocycles. The molecule has 0 bridgehead atoms. The molecule has 5 heteroatoms. The van der Waals surface area contributed by atoms with Crippen LogP contribution in [0.5, 0.6) is 5.75 Å². The Bertz CT molecular complexity index is 1110. The van der Waals surface area contributed by atoms with Gasteiger partial charge in [-0.2, -0.15) is 5.10 Å². The normalized spacial score (nSPS) is 11.6. The highest BCUT2D eigenvalue weighted by atomic mass is 16.5. The number of hydrogen-bond donors (Lipinski definition) is 1. The molecular weight excluding hydrogens is 386 g/mol. The number of rotatable bonds is 8. The van der Waals surface area contributed by atoms with Crippen LogP contribution >= 0.6 is 0 Å². The SMILES string of the molecule is CC(Oc1ccccc1)C(=O)NCc1ccccc1-c1ccc(Cn2cccn2)cc1. The number of aromatic nitrogens is 2. The van der Waals surface area contributed by atoms with E-state index in [1.54, 1.807) is 13.1 Å². The molecule has 0 saturated carbocycles. The number of ether oxygens (including phenoxy) is 1. The van der Waals surface area contributed by atoms with Crippen LogP contribution in [0.4, 0.5) is 0 Å². The van der Waals surface area contributed by atoms with Gasteiger partial charge in [0.1, 0.15) is 5.75 Å². The Morgan fingerprint density at radius 1 is 0.968 bits per heavy atom. The average Bonchev–Trinajstić information content (AvgIpc) is 3.32. The van der Waals surface area contributed by atoms with Crippen LogP contribution in [0.25, 0.3) is 11.1 Å². The molecule has 1 N–H and O–H groups in total. The Hall–Kier alpha value is -3.86. The minimum Gasteiger partial charge on any atom is -0.481 e. The van der Waals surface area contributed by atoms with Crippen LogP contribution < -0.4 is 10.1 Å². The number of amides is 1. The highest BCUT2D eigenvalue weighted by Gasteiger charge is 2.15. The van der Waals surface area contributed by atoms with Crippen molar-refractivity contribution in [2.75, 3.05) is 0 Å². The second kappa shape index (κ2) is 9.76. The molecule has 156 valence electrons. The number of carbonyl (C=O) groups is 1. The predicted molar refractivity (Wildman–Crippen MR) is 122 cm³/mol. The minimum absolute atomic E-state index is 0.145. The Labute approximate surface area is 182 Å². The molecule has 1 aromatic heterocycles. The number of nitrogens with one attached hydrogen (secondary N) is 1. The van der Waals surface area contributed by atoms with Gasteiger partial charge in [-0.25, -0.2) is 0 Å². The molecule has 0 saturated heterocycles. The Kier molecular flexibility index (Phi) is 6.43. The third-order valence-electron chi connectivity index (χ3n) is 5.06. The van der Waals surface area contributed by atoms with E-state index in [2.05, 4.69) is 40.7 Å². The summed E-state index contributed by atoms with van der Waals surface area (Å²) in [6.07, 6.45) is 3.16. The van der Waals surface area contributed by atoms with E-state index in [4.69, 9.17) is 4.74 Å². The maximum absolute atomic E-state index is 12.5. The van der Waals surface area contributed by atoms with Gasteiger partial charge in [-0.3, -0.25) is 9.48 Å². The van der Waals surface area contributed by atoms with E-state index in [9.17, 15) is 4.79 Å². The Balaban J connectivity index is 1.40. The predicted octanol–water partition coefficient (Wildman–Crippen LogP) is 4.68. The van der Waals surface area contributed by atoms with Crippen molar-refractivity contribution >= 4 is 5.91 Å². The van der Waals surface area contributed by atoms with Crippen LogP contribution in [0.2, 0.25) is 0 Å². The minimum atomic E-state index is -0.573. The summed E-state index contributed by atoms with van der Waals surface area (Å²) in [6, 6.07) is 27.9. The lowest BCUT2D eigenvalue weighted by Crippen LogP contribution is -2.36. The number of para-hydroxylation sites is 1. The van der Waals surface area contributed by atoms with Crippen LogP contribution in [0.15, 0.2) is 97.3 Å². The molecule has 1 unspecified atom stereocenters. The molecule has 4 rings (SSSR count). The van der Waals surface area contributed by atoms with Crippen molar-refractivity contribution in [2.24, 2.45) is 0 Å². The summed E-state index contributed by atoms with van der Waals surface area (Å²) in [5.74, 6) is 0.536. The van der Waals surface area contributed by atoms with Gasteiger partial charge >= 0.3 is 0 Å². The molecule has 4 aromatic rings.